The van der Waals surface area contributed by atoms with Crippen molar-refractivity contribution in [1.82, 2.24) is 0 Å². The molecule has 3 aromatic heterocycles. The van der Waals surface area contributed by atoms with Crippen LogP contribution >= 0.6 is 0 Å². The van der Waals surface area contributed by atoms with E-state index < -0.39 is 0 Å². The molecule has 0 aliphatic heterocycles. The number of fused-ring (bicyclic) bond motifs is 2. The summed E-state index contributed by atoms with van der Waals surface area (Å²) in [5.41, 5.74) is 5.21. The van der Waals surface area contributed by atoms with Crippen LogP contribution in [0.5, 0.6) is 0 Å². The number of aryl methyl sites for hydroxylation is 6. The third kappa shape index (κ3) is 6.21. The Labute approximate surface area is 191 Å². The van der Waals surface area contributed by atoms with Gasteiger partial charge in [0.2, 0.25) is 5.52 Å². The van der Waals surface area contributed by atoms with E-state index in [0.717, 1.165) is 0 Å². The highest BCUT2D eigenvalue weighted by Gasteiger charge is 2.03. The van der Waals surface area contributed by atoms with E-state index in [-0.39, 0.29) is 0 Å². The Morgan fingerprint density at radius 3 is 1.94 bits per heavy atom. The van der Waals surface area contributed by atoms with Gasteiger partial charge in [0.15, 0.2) is 31.0 Å². The zero-order chi connectivity index (χ0) is 23.1. The van der Waals surface area contributed by atoms with Gasteiger partial charge >= 0.3 is 0 Å². The molecule has 0 saturated carbocycles. The molecule has 0 spiro atoms. The molecule has 32 heavy (non-hydrogen) atoms. The van der Waals surface area contributed by atoms with Crippen molar-refractivity contribution in [3.8, 4) is 0 Å². The van der Waals surface area contributed by atoms with Gasteiger partial charge in [-0.2, -0.15) is 0 Å². The number of para-hydroxylation sites is 1. The molecule has 0 radical (unpaired) electrons. The molecule has 2 aromatic carbocycles. The van der Waals surface area contributed by atoms with Crippen molar-refractivity contribution in [2.24, 2.45) is 21.1 Å². The Bertz CT molecular complexity index is 1240. The molecular formula is C29H34N3+3. The molecule has 0 bridgehead atoms. The Morgan fingerprint density at radius 2 is 1.25 bits per heavy atom. The summed E-state index contributed by atoms with van der Waals surface area (Å²) in [7, 11) is 6.15. The highest BCUT2D eigenvalue weighted by atomic mass is 14.9. The fourth-order valence-electron chi connectivity index (χ4n) is 3.93. The average Bonchev–Trinajstić information content (AvgIpc) is 2.74. The molecule has 5 aromatic rings. The largest absolute Gasteiger partial charge is 0.212 e. The van der Waals surface area contributed by atoms with Crippen molar-refractivity contribution < 1.29 is 13.7 Å². The van der Waals surface area contributed by atoms with Gasteiger partial charge < -0.3 is 0 Å². The van der Waals surface area contributed by atoms with E-state index in [1.54, 1.807) is 0 Å². The lowest BCUT2D eigenvalue weighted by atomic mass is 10.1. The lowest BCUT2D eigenvalue weighted by Crippen LogP contribution is -2.28. The lowest BCUT2D eigenvalue weighted by Gasteiger charge is -1.98. The minimum Gasteiger partial charge on any atom is -0.208 e. The van der Waals surface area contributed by atoms with Crippen LogP contribution in [0.15, 0.2) is 97.7 Å². The molecule has 0 aliphatic rings. The number of nitrogens with zero attached hydrogens (tertiary/aromatic N) is 3. The third-order valence-electron chi connectivity index (χ3n) is 5.31. The van der Waals surface area contributed by atoms with E-state index in [9.17, 15) is 0 Å². The molecule has 0 N–H and O–H groups in total. The number of aromatic nitrogens is 3. The fourth-order valence-corrected chi connectivity index (χ4v) is 3.93. The van der Waals surface area contributed by atoms with Crippen molar-refractivity contribution in [3.63, 3.8) is 0 Å². The molecule has 0 fully saturated rings. The molecule has 5 rings (SSSR count). The van der Waals surface area contributed by atoms with Crippen LogP contribution in [0.1, 0.15) is 16.7 Å². The van der Waals surface area contributed by atoms with Crippen LogP contribution in [-0.2, 0) is 21.1 Å². The Kier molecular flexibility index (Phi) is 7.67. The normalized spacial score (nSPS) is 10.2. The summed E-state index contributed by atoms with van der Waals surface area (Å²) >= 11 is 0. The number of hydrogen-bond acceptors (Lipinski definition) is 0. The van der Waals surface area contributed by atoms with Gasteiger partial charge in [-0.3, -0.25) is 0 Å². The van der Waals surface area contributed by atoms with Crippen molar-refractivity contribution in [2.75, 3.05) is 0 Å². The molecule has 162 valence electrons. The van der Waals surface area contributed by atoms with Crippen LogP contribution in [0.25, 0.3) is 21.7 Å². The summed E-state index contributed by atoms with van der Waals surface area (Å²) in [6.45, 7) is 6.34. The van der Waals surface area contributed by atoms with Gasteiger partial charge in [-0.05, 0) is 50.4 Å². The van der Waals surface area contributed by atoms with E-state index in [1.165, 1.54) is 38.4 Å². The van der Waals surface area contributed by atoms with Gasteiger partial charge in [-0.15, -0.1) is 0 Å². The van der Waals surface area contributed by atoms with Crippen LogP contribution < -0.4 is 13.7 Å². The first-order valence-electron chi connectivity index (χ1n) is 10.9. The maximum Gasteiger partial charge on any atom is 0.212 e. The summed E-state index contributed by atoms with van der Waals surface area (Å²) in [5, 5.41) is 3.95. The lowest BCUT2D eigenvalue weighted by molar-refractivity contribution is -0.671. The standard InChI is InChI=1S/2C11H12N.C7H10N/c1-9-7-12(2)8-10-5-3-4-6-11(9)10;1-9-7-10-5-3-4-6-11(10)12(2)8-9;1-7-4-3-5-8(2)6-7/h2*3-8H,1-2H3;3-6H,1-2H3/q3*+1. The van der Waals surface area contributed by atoms with Crippen LogP contribution in [0.3, 0.4) is 0 Å². The predicted octanol–water partition coefficient (Wildman–Crippen LogP) is 4.76. The van der Waals surface area contributed by atoms with E-state index in [1.807, 2.05) is 23.9 Å². The topological polar surface area (TPSA) is 11.6 Å². The smallest absolute Gasteiger partial charge is 0.208 e. The van der Waals surface area contributed by atoms with Gasteiger partial charge in [-0.1, -0.05) is 30.3 Å². The fraction of sp³-hybridized carbons (Fsp3) is 0.207. The van der Waals surface area contributed by atoms with Gasteiger partial charge in [0, 0.05) is 39.6 Å². The number of hydrogen-bond donors (Lipinski definition) is 0. The van der Waals surface area contributed by atoms with Crippen molar-refractivity contribution in [2.45, 2.75) is 20.8 Å². The average molecular weight is 425 g/mol. The number of benzene rings is 2. The Morgan fingerprint density at radius 1 is 0.562 bits per heavy atom. The molecule has 3 heterocycles. The van der Waals surface area contributed by atoms with E-state index >= 15 is 0 Å². The highest BCUT2D eigenvalue weighted by Crippen LogP contribution is 2.14. The van der Waals surface area contributed by atoms with Gasteiger partial charge in [-0.25, -0.2) is 13.7 Å². The molecular weight excluding hydrogens is 390 g/mol. The second-order valence-corrected chi connectivity index (χ2v) is 8.43. The second kappa shape index (κ2) is 10.6. The Balaban J connectivity index is 0.000000139. The van der Waals surface area contributed by atoms with E-state index in [2.05, 4.69) is 129 Å². The first-order valence-corrected chi connectivity index (χ1v) is 10.9. The SMILES string of the molecule is Cc1c[n+](C)cc2ccccc12.Cc1cc2ccccc2[n+](C)c1.Cc1ccc[n+](C)c1. The van der Waals surface area contributed by atoms with E-state index in [4.69, 9.17) is 0 Å². The van der Waals surface area contributed by atoms with Crippen LogP contribution in [0.2, 0.25) is 0 Å². The molecule has 0 aliphatic carbocycles. The van der Waals surface area contributed by atoms with Crippen molar-refractivity contribution >= 4 is 21.7 Å². The van der Waals surface area contributed by atoms with Gasteiger partial charge in [0.1, 0.15) is 21.1 Å². The van der Waals surface area contributed by atoms with Crippen molar-refractivity contribution in [1.29, 1.82) is 0 Å². The third-order valence-corrected chi connectivity index (χ3v) is 5.31. The zero-order valence-corrected chi connectivity index (χ0v) is 20.1. The first kappa shape index (κ1) is 23.1. The van der Waals surface area contributed by atoms with E-state index in [0.29, 0.717) is 0 Å². The molecule has 0 amide bonds. The number of rotatable bonds is 0. The highest BCUT2D eigenvalue weighted by molar-refractivity contribution is 5.83. The summed E-state index contributed by atoms with van der Waals surface area (Å²) in [6, 6.07) is 23.2. The second-order valence-electron chi connectivity index (χ2n) is 8.43. The van der Waals surface area contributed by atoms with Gasteiger partial charge in [0.05, 0.1) is 0 Å². The Hall–Kier alpha value is -3.59. The number of pyridine rings is 3. The minimum atomic E-state index is 1.28. The van der Waals surface area contributed by atoms with Crippen LogP contribution in [0.4, 0.5) is 0 Å². The quantitative estimate of drug-likeness (QED) is 0.318. The predicted molar refractivity (Wildman–Crippen MR) is 132 cm³/mol. The summed E-state index contributed by atoms with van der Waals surface area (Å²) < 4.78 is 6.29. The molecule has 3 nitrogen and oxygen atoms in total. The summed E-state index contributed by atoms with van der Waals surface area (Å²) in [6.07, 6.45) is 10.5. The summed E-state index contributed by atoms with van der Waals surface area (Å²) in [5.74, 6) is 0. The first-order chi connectivity index (χ1) is 15.3. The molecule has 0 unspecified atom stereocenters. The molecule has 0 saturated heterocycles. The van der Waals surface area contributed by atoms with Crippen molar-refractivity contribution in [3.05, 3.63) is 114 Å². The monoisotopic (exact) mass is 424 g/mol. The summed E-state index contributed by atoms with van der Waals surface area (Å²) in [4.78, 5) is 0. The van der Waals surface area contributed by atoms with Crippen LogP contribution in [-0.4, -0.2) is 0 Å². The maximum absolute atomic E-state index is 2.20. The van der Waals surface area contributed by atoms with Crippen LogP contribution in [0, 0.1) is 20.8 Å². The molecule has 3 heteroatoms. The minimum absolute atomic E-state index is 1.28. The zero-order valence-electron chi connectivity index (χ0n) is 20.1. The van der Waals surface area contributed by atoms with Gasteiger partial charge in [0.25, 0.3) is 0 Å². The maximum atomic E-state index is 2.20. The molecule has 0 atom stereocenters.